The highest BCUT2D eigenvalue weighted by atomic mass is 16.3. The van der Waals surface area contributed by atoms with E-state index in [0.717, 1.165) is 55.8 Å². The summed E-state index contributed by atoms with van der Waals surface area (Å²) in [5, 5.41) is 20.7. The van der Waals surface area contributed by atoms with Gasteiger partial charge >= 0.3 is 0 Å². The Labute approximate surface area is 229 Å². The number of hydrogen-bond donors (Lipinski definition) is 3. The maximum atomic E-state index is 13.8. The molecule has 39 heavy (non-hydrogen) atoms. The molecule has 2 unspecified atom stereocenters. The Kier molecular flexibility index (Phi) is 5.23. The summed E-state index contributed by atoms with van der Waals surface area (Å²) in [7, 11) is 0. The van der Waals surface area contributed by atoms with Crippen molar-refractivity contribution in [2.75, 3.05) is 13.1 Å². The molecule has 1 aromatic carbocycles. The average molecular weight is 530 g/mol. The number of aromatic hydroxyl groups is 1. The molecular formula is C32H39N3O4. The Balaban J connectivity index is 1.18. The van der Waals surface area contributed by atoms with Crippen LogP contribution in [0.5, 0.6) is 5.75 Å². The highest BCUT2D eigenvalue weighted by Crippen LogP contribution is 2.60. The van der Waals surface area contributed by atoms with Crippen LogP contribution in [0.25, 0.3) is 0 Å². The highest BCUT2D eigenvalue weighted by Gasteiger charge is 2.62. The number of aliphatic hydroxyl groups is 1. The Morgan fingerprint density at radius 1 is 1.13 bits per heavy atom. The second kappa shape index (κ2) is 8.43. The zero-order valence-electron chi connectivity index (χ0n) is 22.7. The van der Waals surface area contributed by atoms with E-state index in [0.29, 0.717) is 36.5 Å². The Morgan fingerprint density at radius 3 is 2.64 bits per heavy atom. The SMILES string of the molecule is Cc1ccc(O)cc1[C@@]12Cc3[nH]c(=O)c(C(=O)N4[C@@H]5CC[C@H]4CC(O)C5)cc3C[C@H]1[C@H]1C(CN1CC1CC1)C2. The van der Waals surface area contributed by atoms with E-state index in [1.54, 1.807) is 6.07 Å². The Morgan fingerprint density at radius 2 is 1.90 bits per heavy atom. The number of aromatic amines is 1. The van der Waals surface area contributed by atoms with Gasteiger partial charge in [0.25, 0.3) is 11.5 Å². The fourth-order valence-electron chi connectivity index (χ4n) is 9.59. The molecule has 3 aliphatic carbocycles. The van der Waals surface area contributed by atoms with Gasteiger partial charge in [0, 0.05) is 42.3 Å². The molecule has 206 valence electrons. The van der Waals surface area contributed by atoms with Gasteiger partial charge in [0.2, 0.25) is 0 Å². The number of hydrogen-bond acceptors (Lipinski definition) is 5. The number of nitrogens with zero attached hydrogens (tertiary/aromatic N) is 2. The third-order valence-electron chi connectivity index (χ3n) is 11.4. The third-order valence-corrected chi connectivity index (χ3v) is 11.4. The van der Waals surface area contributed by atoms with Crippen molar-refractivity contribution in [1.29, 1.82) is 0 Å². The van der Waals surface area contributed by atoms with Crippen molar-refractivity contribution in [3.8, 4) is 5.75 Å². The van der Waals surface area contributed by atoms with E-state index in [1.807, 2.05) is 23.1 Å². The summed E-state index contributed by atoms with van der Waals surface area (Å²) in [6.45, 7) is 4.49. The predicted molar refractivity (Wildman–Crippen MR) is 147 cm³/mol. The zero-order chi connectivity index (χ0) is 26.6. The first-order chi connectivity index (χ1) is 18.8. The zero-order valence-corrected chi connectivity index (χ0v) is 22.7. The number of nitrogens with one attached hydrogen (secondary N) is 1. The molecule has 2 saturated carbocycles. The summed E-state index contributed by atoms with van der Waals surface area (Å²) in [5.74, 6) is 2.01. The largest absolute Gasteiger partial charge is 0.508 e. The van der Waals surface area contributed by atoms with Crippen LogP contribution in [-0.4, -0.2) is 68.2 Å². The van der Waals surface area contributed by atoms with E-state index in [-0.39, 0.29) is 40.6 Å². The number of fused-ring (bicyclic) bond motifs is 6. The van der Waals surface area contributed by atoms with E-state index in [2.05, 4.69) is 16.8 Å². The van der Waals surface area contributed by atoms with E-state index >= 15 is 0 Å². The van der Waals surface area contributed by atoms with Gasteiger partial charge in [-0.25, -0.2) is 0 Å². The van der Waals surface area contributed by atoms with Gasteiger partial charge in [0.1, 0.15) is 11.3 Å². The summed E-state index contributed by atoms with van der Waals surface area (Å²) in [4.78, 5) is 35.0. The van der Waals surface area contributed by atoms with Crippen molar-refractivity contribution in [1.82, 2.24) is 14.8 Å². The van der Waals surface area contributed by atoms with Gasteiger partial charge in [-0.1, -0.05) is 6.07 Å². The van der Waals surface area contributed by atoms with Crippen molar-refractivity contribution < 1.29 is 15.0 Å². The molecule has 7 atom stereocenters. The van der Waals surface area contributed by atoms with Crippen LogP contribution in [-0.2, 0) is 18.3 Å². The molecule has 1 amide bonds. The smallest absolute Gasteiger partial charge is 0.261 e. The second-order valence-electron chi connectivity index (χ2n) is 13.7. The summed E-state index contributed by atoms with van der Waals surface area (Å²) in [6, 6.07) is 8.27. The lowest BCUT2D eigenvalue weighted by Crippen LogP contribution is -2.58. The first-order valence-electron chi connectivity index (χ1n) is 15.1. The number of rotatable bonds is 4. The van der Waals surface area contributed by atoms with Gasteiger partial charge in [-0.15, -0.1) is 0 Å². The third kappa shape index (κ3) is 3.61. The van der Waals surface area contributed by atoms with Gasteiger partial charge in [-0.05, 0) is 117 Å². The monoisotopic (exact) mass is 529 g/mol. The Hall–Kier alpha value is -2.64. The minimum Gasteiger partial charge on any atom is -0.508 e. The van der Waals surface area contributed by atoms with Crippen LogP contribution in [0.2, 0.25) is 0 Å². The quantitative estimate of drug-likeness (QED) is 0.565. The number of phenols is 1. The minimum atomic E-state index is -0.348. The molecule has 7 heteroatoms. The Bertz CT molecular complexity index is 1400. The minimum absolute atomic E-state index is 0.0321. The average Bonchev–Trinajstić information content (AvgIpc) is 3.62. The normalized spacial score (nSPS) is 36.7. The standard InChI is InChI=1S/C32H39N3O4/c1-17-2-7-23(36)12-26(17)32-13-20-16-34(15-18-3-4-18)29(20)27(32)9-19-8-25(30(38)33-28(19)14-32)31(39)35-21-5-6-22(35)11-24(37)10-21/h2,7-8,12,18,20-22,24,27,29,36-37H,3-6,9-11,13-16H2,1H3,(H,33,38)/t20?,21-,22+,24?,27-,29+,32+/m0/s1. The fourth-order valence-corrected chi connectivity index (χ4v) is 9.59. The number of benzene rings is 1. The molecule has 0 spiro atoms. The van der Waals surface area contributed by atoms with Gasteiger partial charge in [0.05, 0.1) is 6.10 Å². The number of piperidine rings is 1. The second-order valence-corrected chi connectivity index (χ2v) is 13.7. The number of carbonyl (C=O) groups excluding carboxylic acids is 1. The molecule has 2 bridgehead atoms. The predicted octanol–water partition coefficient (Wildman–Crippen LogP) is 3.28. The number of H-pyrrole nitrogens is 1. The van der Waals surface area contributed by atoms with Crippen LogP contribution in [0, 0.1) is 24.7 Å². The van der Waals surface area contributed by atoms with Crippen molar-refractivity contribution in [3.63, 3.8) is 0 Å². The molecule has 6 aliphatic rings. The number of aromatic nitrogens is 1. The molecule has 7 nitrogen and oxygen atoms in total. The lowest BCUT2D eigenvalue weighted by Gasteiger charge is -2.49. The number of likely N-dealkylation sites (tertiary alicyclic amines) is 1. The summed E-state index contributed by atoms with van der Waals surface area (Å²) in [6.07, 6.45) is 8.04. The summed E-state index contributed by atoms with van der Waals surface area (Å²) >= 11 is 0. The number of phenolic OH excluding ortho intramolecular Hbond substituents is 1. The molecule has 4 heterocycles. The van der Waals surface area contributed by atoms with Crippen LogP contribution < -0.4 is 5.56 Å². The van der Waals surface area contributed by atoms with Gasteiger partial charge in [0.15, 0.2) is 0 Å². The van der Waals surface area contributed by atoms with Crippen LogP contribution >= 0.6 is 0 Å². The van der Waals surface area contributed by atoms with Crippen molar-refractivity contribution in [3.05, 3.63) is 62.6 Å². The lowest BCUT2D eigenvalue weighted by molar-refractivity contribution is 0.00551. The number of pyridine rings is 1. The van der Waals surface area contributed by atoms with Gasteiger partial charge in [-0.3, -0.25) is 14.5 Å². The van der Waals surface area contributed by atoms with Crippen LogP contribution in [0.4, 0.5) is 0 Å². The summed E-state index contributed by atoms with van der Waals surface area (Å²) in [5.41, 5.74) is 4.35. The first kappa shape index (κ1) is 24.2. The molecule has 3 aliphatic heterocycles. The highest BCUT2D eigenvalue weighted by molar-refractivity contribution is 5.95. The van der Waals surface area contributed by atoms with E-state index in [1.165, 1.54) is 30.5 Å². The molecular weight excluding hydrogens is 490 g/mol. The molecule has 0 radical (unpaired) electrons. The first-order valence-corrected chi connectivity index (χ1v) is 15.1. The number of carbonyl (C=O) groups is 1. The summed E-state index contributed by atoms with van der Waals surface area (Å²) < 4.78 is 0. The molecule has 8 rings (SSSR count). The van der Waals surface area contributed by atoms with Crippen molar-refractivity contribution in [2.24, 2.45) is 17.8 Å². The number of amides is 1. The van der Waals surface area contributed by atoms with Crippen molar-refractivity contribution in [2.45, 2.75) is 94.4 Å². The maximum Gasteiger partial charge on any atom is 0.261 e. The van der Waals surface area contributed by atoms with Gasteiger partial charge < -0.3 is 20.1 Å². The molecule has 2 aromatic rings. The van der Waals surface area contributed by atoms with Gasteiger partial charge in [-0.2, -0.15) is 0 Å². The number of aryl methyl sites for hydroxylation is 1. The maximum absolute atomic E-state index is 13.8. The fraction of sp³-hybridized carbons (Fsp3) is 0.625. The molecule has 5 fully saturated rings. The van der Waals surface area contributed by atoms with Crippen LogP contribution in [0.15, 0.2) is 29.1 Å². The van der Waals surface area contributed by atoms with Crippen LogP contribution in [0.1, 0.15) is 77.7 Å². The van der Waals surface area contributed by atoms with Crippen LogP contribution in [0.3, 0.4) is 0 Å². The molecule has 3 N–H and O–H groups in total. The van der Waals surface area contributed by atoms with E-state index in [9.17, 15) is 19.8 Å². The lowest BCUT2D eigenvalue weighted by atomic mass is 9.62. The van der Waals surface area contributed by atoms with E-state index in [4.69, 9.17) is 0 Å². The number of aliphatic hydroxyl groups excluding tert-OH is 1. The van der Waals surface area contributed by atoms with E-state index < -0.39 is 0 Å². The molecule has 3 saturated heterocycles. The molecule has 1 aromatic heterocycles. The van der Waals surface area contributed by atoms with Crippen molar-refractivity contribution >= 4 is 5.91 Å². The topological polar surface area (TPSA) is 96.9 Å².